The molecular weight excluding hydrogens is 295 g/mol. The molecule has 1 N–H and O–H groups in total. The number of halogens is 2. The minimum Gasteiger partial charge on any atom is -0.381 e. The Bertz CT molecular complexity index is 578. The lowest BCUT2D eigenvalue weighted by atomic mass is 9.85. The van der Waals surface area contributed by atoms with Crippen LogP contribution in [-0.4, -0.2) is 5.11 Å². The molecule has 2 aromatic carbocycles. The molecule has 0 saturated heterocycles. The van der Waals surface area contributed by atoms with E-state index in [1.165, 1.54) is 12.1 Å². The van der Waals surface area contributed by atoms with Gasteiger partial charge in [0.2, 0.25) is 0 Å². The molecule has 0 heterocycles. The number of aryl methyl sites for hydroxylation is 1. The van der Waals surface area contributed by atoms with E-state index in [0.29, 0.717) is 5.56 Å². The summed E-state index contributed by atoms with van der Waals surface area (Å²) in [5.74, 6) is -0.292. The topological polar surface area (TPSA) is 20.2 Å². The van der Waals surface area contributed by atoms with Crippen molar-refractivity contribution in [2.75, 3.05) is 0 Å². The summed E-state index contributed by atoms with van der Waals surface area (Å²) in [5, 5.41) is 10.8. The van der Waals surface area contributed by atoms with Crippen molar-refractivity contribution >= 4 is 15.9 Å². The van der Waals surface area contributed by atoms with Crippen LogP contribution < -0.4 is 0 Å². The second-order valence-corrected chi connectivity index (χ2v) is 5.37. The Morgan fingerprint density at radius 1 is 1.11 bits per heavy atom. The Labute approximate surface area is 114 Å². The van der Waals surface area contributed by atoms with Crippen molar-refractivity contribution in [3.63, 3.8) is 0 Å². The first-order valence-electron chi connectivity index (χ1n) is 5.67. The van der Waals surface area contributed by atoms with Gasteiger partial charge in [-0.2, -0.15) is 0 Å². The molecule has 0 aliphatic heterocycles. The lowest BCUT2D eigenvalue weighted by Gasteiger charge is -2.27. The van der Waals surface area contributed by atoms with Crippen LogP contribution in [0.15, 0.2) is 46.9 Å². The molecule has 1 atom stereocenters. The van der Waals surface area contributed by atoms with Gasteiger partial charge in [-0.25, -0.2) is 4.39 Å². The van der Waals surface area contributed by atoms with Gasteiger partial charge in [-0.1, -0.05) is 40.2 Å². The summed E-state index contributed by atoms with van der Waals surface area (Å²) in [7, 11) is 0. The van der Waals surface area contributed by atoms with Gasteiger partial charge in [-0.15, -0.1) is 0 Å². The highest BCUT2D eigenvalue weighted by molar-refractivity contribution is 9.10. The van der Waals surface area contributed by atoms with Crippen molar-refractivity contribution in [3.8, 4) is 0 Å². The van der Waals surface area contributed by atoms with E-state index in [4.69, 9.17) is 0 Å². The first-order valence-corrected chi connectivity index (χ1v) is 6.46. The Hall–Kier alpha value is -1.19. The minimum absolute atomic E-state index is 0.292. The number of hydrogen-bond acceptors (Lipinski definition) is 1. The third-order valence-electron chi connectivity index (χ3n) is 3.11. The molecule has 2 rings (SSSR count). The Morgan fingerprint density at radius 3 is 2.39 bits per heavy atom. The highest BCUT2D eigenvalue weighted by Gasteiger charge is 2.29. The standard InChI is InChI=1S/C15H14BrFO/c1-10-9-11(17)7-8-12(10)15(2,18)13-5-3-4-6-14(13)16/h3-9,18H,1-2H3. The summed E-state index contributed by atoms with van der Waals surface area (Å²) >= 11 is 3.43. The monoisotopic (exact) mass is 308 g/mol. The van der Waals surface area contributed by atoms with Gasteiger partial charge in [0.05, 0.1) is 0 Å². The lowest BCUT2D eigenvalue weighted by Crippen LogP contribution is -2.24. The Kier molecular flexibility index (Phi) is 3.55. The van der Waals surface area contributed by atoms with Crippen LogP contribution in [0.2, 0.25) is 0 Å². The average molecular weight is 309 g/mol. The van der Waals surface area contributed by atoms with Gasteiger partial charge in [0, 0.05) is 10.0 Å². The molecular formula is C15H14BrFO. The number of hydrogen-bond donors (Lipinski definition) is 1. The van der Waals surface area contributed by atoms with Crippen LogP contribution in [0, 0.1) is 12.7 Å². The molecule has 94 valence electrons. The fourth-order valence-corrected chi connectivity index (χ4v) is 2.85. The van der Waals surface area contributed by atoms with Gasteiger partial charge in [-0.05, 0) is 43.2 Å². The van der Waals surface area contributed by atoms with Crippen molar-refractivity contribution in [2.24, 2.45) is 0 Å². The molecule has 3 heteroatoms. The number of aliphatic hydroxyl groups is 1. The van der Waals surface area contributed by atoms with Gasteiger partial charge in [0.1, 0.15) is 11.4 Å². The van der Waals surface area contributed by atoms with Crippen molar-refractivity contribution < 1.29 is 9.50 Å². The molecule has 0 saturated carbocycles. The summed E-state index contributed by atoms with van der Waals surface area (Å²) in [6.45, 7) is 3.51. The molecule has 0 aromatic heterocycles. The zero-order valence-corrected chi connectivity index (χ0v) is 11.8. The fourth-order valence-electron chi connectivity index (χ4n) is 2.17. The summed E-state index contributed by atoms with van der Waals surface area (Å²) in [6.07, 6.45) is 0. The molecule has 0 amide bonds. The molecule has 2 aromatic rings. The van der Waals surface area contributed by atoms with Crippen LogP contribution in [0.4, 0.5) is 4.39 Å². The first kappa shape index (κ1) is 13.2. The zero-order chi connectivity index (χ0) is 13.3. The predicted molar refractivity (Wildman–Crippen MR) is 74.0 cm³/mol. The van der Waals surface area contributed by atoms with E-state index >= 15 is 0 Å². The maximum Gasteiger partial charge on any atom is 0.123 e. The summed E-state index contributed by atoms with van der Waals surface area (Å²) < 4.78 is 14.0. The largest absolute Gasteiger partial charge is 0.381 e. The number of rotatable bonds is 2. The highest BCUT2D eigenvalue weighted by Crippen LogP contribution is 2.35. The van der Waals surface area contributed by atoms with Crippen LogP contribution in [0.5, 0.6) is 0 Å². The molecule has 1 nitrogen and oxygen atoms in total. The van der Waals surface area contributed by atoms with E-state index < -0.39 is 5.60 Å². The second kappa shape index (κ2) is 4.82. The van der Waals surface area contributed by atoms with Gasteiger partial charge < -0.3 is 5.11 Å². The third-order valence-corrected chi connectivity index (χ3v) is 3.80. The lowest BCUT2D eigenvalue weighted by molar-refractivity contribution is 0.101. The van der Waals surface area contributed by atoms with Crippen LogP contribution in [-0.2, 0) is 5.60 Å². The van der Waals surface area contributed by atoms with Gasteiger partial charge >= 0.3 is 0 Å². The van der Waals surface area contributed by atoms with Crippen LogP contribution in [0.1, 0.15) is 23.6 Å². The Morgan fingerprint density at radius 2 is 1.78 bits per heavy atom. The van der Waals surface area contributed by atoms with Gasteiger partial charge in [0.25, 0.3) is 0 Å². The zero-order valence-electron chi connectivity index (χ0n) is 10.2. The quantitative estimate of drug-likeness (QED) is 0.883. The van der Waals surface area contributed by atoms with Crippen LogP contribution in [0.3, 0.4) is 0 Å². The first-order chi connectivity index (χ1) is 8.43. The maximum absolute atomic E-state index is 13.1. The molecule has 0 radical (unpaired) electrons. The second-order valence-electron chi connectivity index (χ2n) is 4.51. The van der Waals surface area contributed by atoms with Crippen molar-refractivity contribution in [2.45, 2.75) is 19.4 Å². The third kappa shape index (κ3) is 2.33. The molecule has 0 aliphatic rings. The van der Waals surface area contributed by atoms with E-state index in [0.717, 1.165) is 15.6 Å². The smallest absolute Gasteiger partial charge is 0.123 e. The van der Waals surface area contributed by atoms with Crippen molar-refractivity contribution in [1.29, 1.82) is 0 Å². The van der Waals surface area contributed by atoms with E-state index in [1.807, 2.05) is 24.3 Å². The van der Waals surface area contributed by atoms with E-state index in [9.17, 15) is 9.50 Å². The fraction of sp³-hybridized carbons (Fsp3) is 0.200. The highest BCUT2D eigenvalue weighted by atomic mass is 79.9. The molecule has 0 bridgehead atoms. The molecule has 0 fully saturated rings. The minimum atomic E-state index is -1.15. The van der Waals surface area contributed by atoms with Crippen LogP contribution in [0.25, 0.3) is 0 Å². The summed E-state index contributed by atoms with van der Waals surface area (Å²) in [6, 6.07) is 11.9. The van der Waals surface area contributed by atoms with E-state index in [2.05, 4.69) is 15.9 Å². The number of benzene rings is 2. The van der Waals surface area contributed by atoms with E-state index in [-0.39, 0.29) is 5.82 Å². The van der Waals surface area contributed by atoms with Crippen molar-refractivity contribution in [1.82, 2.24) is 0 Å². The summed E-state index contributed by atoms with van der Waals surface area (Å²) in [4.78, 5) is 0. The average Bonchev–Trinajstić information content (AvgIpc) is 2.28. The van der Waals surface area contributed by atoms with Crippen LogP contribution >= 0.6 is 15.9 Å². The summed E-state index contributed by atoms with van der Waals surface area (Å²) in [5.41, 5.74) is 1.05. The van der Waals surface area contributed by atoms with Gasteiger partial charge in [0.15, 0.2) is 0 Å². The van der Waals surface area contributed by atoms with E-state index in [1.54, 1.807) is 19.9 Å². The normalized spacial score (nSPS) is 14.3. The molecule has 18 heavy (non-hydrogen) atoms. The van der Waals surface area contributed by atoms with Crippen molar-refractivity contribution in [3.05, 3.63) is 69.4 Å². The molecule has 0 aliphatic carbocycles. The molecule has 0 spiro atoms. The predicted octanol–water partition coefficient (Wildman–Crippen LogP) is 4.15. The maximum atomic E-state index is 13.1. The Balaban J connectivity index is 2.58. The van der Waals surface area contributed by atoms with Gasteiger partial charge in [-0.3, -0.25) is 0 Å². The SMILES string of the molecule is Cc1cc(F)ccc1C(C)(O)c1ccccc1Br. The molecule has 1 unspecified atom stereocenters.